The van der Waals surface area contributed by atoms with Crippen LogP contribution in [0, 0.1) is 5.92 Å². The van der Waals surface area contributed by atoms with Gasteiger partial charge >= 0.3 is 0 Å². The van der Waals surface area contributed by atoms with Gasteiger partial charge in [0.05, 0.1) is 23.5 Å². The summed E-state index contributed by atoms with van der Waals surface area (Å²) in [5.74, 6) is 0.559. The van der Waals surface area contributed by atoms with Crippen molar-refractivity contribution in [2.24, 2.45) is 5.92 Å². The quantitative estimate of drug-likeness (QED) is 0.696. The molecule has 0 spiro atoms. The molecule has 0 bridgehead atoms. The molecule has 4 nitrogen and oxygen atoms in total. The van der Waals surface area contributed by atoms with E-state index >= 15 is 0 Å². The van der Waals surface area contributed by atoms with Crippen molar-refractivity contribution in [3.05, 3.63) is 17.7 Å². The first-order chi connectivity index (χ1) is 8.06. The third-order valence-electron chi connectivity index (χ3n) is 3.60. The van der Waals surface area contributed by atoms with Crippen molar-refractivity contribution in [1.29, 1.82) is 0 Å². The van der Waals surface area contributed by atoms with Crippen LogP contribution in [0.2, 0.25) is 0 Å². The lowest BCUT2D eigenvalue weighted by Gasteiger charge is -2.15. The van der Waals surface area contributed by atoms with Crippen LogP contribution in [-0.2, 0) is 4.79 Å². The molecule has 3 N–H and O–H groups in total. The van der Waals surface area contributed by atoms with Crippen molar-refractivity contribution >= 4 is 23.0 Å². The molecule has 2 atom stereocenters. The zero-order valence-electron chi connectivity index (χ0n) is 10.3. The summed E-state index contributed by atoms with van der Waals surface area (Å²) in [6.45, 7) is 6.29. The number of benzene rings is 1. The maximum atomic E-state index is 11.6. The van der Waals surface area contributed by atoms with Crippen molar-refractivity contribution in [2.45, 2.75) is 32.9 Å². The summed E-state index contributed by atoms with van der Waals surface area (Å²) in [5, 5.41) is 9.79. The summed E-state index contributed by atoms with van der Waals surface area (Å²) in [4.78, 5) is 11.6. The third-order valence-corrected chi connectivity index (χ3v) is 3.60. The van der Waals surface area contributed by atoms with Crippen molar-refractivity contribution in [1.82, 2.24) is 0 Å². The number of nitrogens with one attached hydrogen (secondary N) is 3. The number of hydrogen-bond donors (Lipinski definition) is 3. The van der Waals surface area contributed by atoms with E-state index in [4.69, 9.17) is 0 Å². The number of carbonyl (C=O) groups is 1. The van der Waals surface area contributed by atoms with Gasteiger partial charge in [-0.1, -0.05) is 13.8 Å². The number of hydrogen-bond acceptors (Lipinski definition) is 3. The number of amides is 1. The maximum Gasteiger partial charge on any atom is 0.231 e. The Morgan fingerprint density at radius 3 is 2.41 bits per heavy atom. The molecule has 0 fully saturated rings. The number of rotatable bonds is 1. The summed E-state index contributed by atoms with van der Waals surface area (Å²) in [6.07, 6.45) is 0.276. The largest absolute Gasteiger partial charge is 0.363 e. The van der Waals surface area contributed by atoms with Crippen LogP contribution in [0.25, 0.3) is 0 Å². The molecule has 90 valence electrons. The second kappa shape index (κ2) is 3.39. The number of carbonyl (C=O) groups excluding carboxylic acids is 1. The van der Waals surface area contributed by atoms with E-state index < -0.39 is 0 Å². The predicted octanol–water partition coefficient (Wildman–Crippen LogP) is 2.56. The summed E-state index contributed by atoms with van der Waals surface area (Å²) >= 11 is 0. The molecule has 4 heteroatoms. The van der Waals surface area contributed by atoms with Gasteiger partial charge in [0, 0.05) is 5.69 Å². The Morgan fingerprint density at radius 2 is 1.76 bits per heavy atom. The molecular weight excluding hydrogens is 214 g/mol. The molecule has 2 heterocycles. The highest BCUT2D eigenvalue weighted by molar-refractivity contribution is 6.04. The Morgan fingerprint density at radius 1 is 1.12 bits per heavy atom. The predicted molar refractivity (Wildman–Crippen MR) is 69.4 cm³/mol. The van der Waals surface area contributed by atoms with E-state index in [9.17, 15) is 4.79 Å². The van der Waals surface area contributed by atoms with Crippen molar-refractivity contribution in [2.75, 3.05) is 16.0 Å². The van der Waals surface area contributed by atoms with Gasteiger partial charge in [0.1, 0.15) is 0 Å². The Hall–Kier alpha value is -1.71. The fourth-order valence-corrected chi connectivity index (χ4v) is 2.41. The zero-order valence-corrected chi connectivity index (χ0v) is 10.3. The Kier molecular flexibility index (Phi) is 2.08. The van der Waals surface area contributed by atoms with E-state index in [1.54, 1.807) is 0 Å². The summed E-state index contributed by atoms with van der Waals surface area (Å²) in [6, 6.07) is 4.12. The lowest BCUT2D eigenvalue weighted by atomic mass is 10.0. The second-order valence-corrected chi connectivity index (χ2v) is 5.21. The van der Waals surface area contributed by atoms with Crippen LogP contribution in [0.1, 0.15) is 32.3 Å². The Labute approximate surface area is 101 Å². The topological polar surface area (TPSA) is 53.2 Å². The van der Waals surface area contributed by atoms with Crippen molar-refractivity contribution < 1.29 is 4.79 Å². The van der Waals surface area contributed by atoms with Crippen molar-refractivity contribution in [3.63, 3.8) is 0 Å². The average Bonchev–Trinajstić information content (AvgIpc) is 2.79. The van der Waals surface area contributed by atoms with E-state index in [0.29, 0.717) is 5.92 Å². The Bertz CT molecular complexity index is 496. The van der Waals surface area contributed by atoms with Crippen LogP contribution in [0.15, 0.2) is 12.1 Å². The lowest BCUT2D eigenvalue weighted by Crippen LogP contribution is -2.27. The van der Waals surface area contributed by atoms with E-state index in [2.05, 4.69) is 35.9 Å². The molecule has 2 unspecified atom stereocenters. The van der Waals surface area contributed by atoms with E-state index in [-0.39, 0.29) is 18.0 Å². The smallest absolute Gasteiger partial charge is 0.231 e. The molecule has 0 aliphatic carbocycles. The first kappa shape index (κ1) is 10.4. The molecule has 1 amide bonds. The minimum Gasteiger partial charge on any atom is -0.363 e. The van der Waals surface area contributed by atoms with Crippen LogP contribution in [0.3, 0.4) is 0 Å². The molecule has 1 aromatic rings. The molecule has 3 rings (SSSR count). The van der Waals surface area contributed by atoms with E-state index in [1.807, 2.05) is 13.0 Å². The lowest BCUT2D eigenvalue weighted by molar-refractivity contribution is -0.116. The average molecular weight is 231 g/mol. The van der Waals surface area contributed by atoms with Gasteiger partial charge in [-0.3, -0.25) is 4.79 Å². The highest BCUT2D eigenvalue weighted by Crippen LogP contribution is 2.41. The number of fused-ring (bicyclic) bond motifs is 2. The SMILES string of the molecule is CC1C(=O)Nc2cc3c(cc21)NC(C(C)C)N3. The summed E-state index contributed by atoms with van der Waals surface area (Å²) < 4.78 is 0. The number of anilines is 3. The second-order valence-electron chi connectivity index (χ2n) is 5.21. The maximum absolute atomic E-state index is 11.6. The first-order valence-electron chi connectivity index (χ1n) is 6.08. The third kappa shape index (κ3) is 1.47. The van der Waals surface area contributed by atoms with Crippen LogP contribution in [0.5, 0.6) is 0 Å². The molecule has 0 aromatic heterocycles. The summed E-state index contributed by atoms with van der Waals surface area (Å²) in [7, 11) is 0. The molecule has 0 radical (unpaired) electrons. The van der Waals surface area contributed by atoms with Gasteiger partial charge in [-0.25, -0.2) is 0 Å². The zero-order chi connectivity index (χ0) is 12.2. The monoisotopic (exact) mass is 231 g/mol. The van der Waals surface area contributed by atoms with Crippen LogP contribution in [-0.4, -0.2) is 12.1 Å². The molecule has 2 aliphatic rings. The van der Waals surface area contributed by atoms with Gasteiger partial charge in [0.15, 0.2) is 0 Å². The molecule has 2 aliphatic heterocycles. The fraction of sp³-hybridized carbons (Fsp3) is 0.462. The van der Waals surface area contributed by atoms with Gasteiger partial charge < -0.3 is 16.0 Å². The van der Waals surface area contributed by atoms with Crippen LogP contribution < -0.4 is 16.0 Å². The minimum atomic E-state index is -0.0461. The first-order valence-corrected chi connectivity index (χ1v) is 6.08. The van der Waals surface area contributed by atoms with Gasteiger partial charge in [-0.05, 0) is 30.5 Å². The van der Waals surface area contributed by atoms with Gasteiger partial charge in [-0.15, -0.1) is 0 Å². The van der Waals surface area contributed by atoms with Gasteiger partial charge in [0.25, 0.3) is 0 Å². The van der Waals surface area contributed by atoms with Gasteiger partial charge in [0.2, 0.25) is 5.91 Å². The van der Waals surface area contributed by atoms with E-state index in [0.717, 1.165) is 22.6 Å². The normalized spacial score (nSPS) is 25.1. The standard InChI is InChI=1S/C13H17N3O/c1-6(2)12-14-10-4-8-7(3)13(17)16-9(8)5-11(10)15-12/h4-7,12,14-15H,1-3H3,(H,16,17). The molecule has 17 heavy (non-hydrogen) atoms. The molecular formula is C13H17N3O. The highest BCUT2D eigenvalue weighted by atomic mass is 16.2. The Balaban J connectivity index is 1.98. The minimum absolute atomic E-state index is 0.0461. The van der Waals surface area contributed by atoms with Crippen LogP contribution in [0.4, 0.5) is 17.1 Å². The van der Waals surface area contributed by atoms with Crippen molar-refractivity contribution in [3.8, 4) is 0 Å². The van der Waals surface area contributed by atoms with Gasteiger partial charge in [-0.2, -0.15) is 0 Å². The van der Waals surface area contributed by atoms with Crippen LogP contribution >= 0.6 is 0 Å². The molecule has 1 aromatic carbocycles. The van der Waals surface area contributed by atoms with E-state index in [1.165, 1.54) is 0 Å². The summed E-state index contributed by atoms with van der Waals surface area (Å²) in [5.41, 5.74) is 4.22. The molecule has 0 saturated carbocycles. The highest BCUT2D eigenvalue weighted by Gasteiger charge is 2.30. The fourth-order valence-electron chi connectivity index (χ4n) is 2.41. The molecule has 0 saturated heterocycles.